The number of nitrogens with zero attached hydrogens (tertiary/aromatic N) is 9. The third-order valence-corrected chi connectivity index (χ3v) is 14.8. The molecule has 3 N–H and O–H groups in total. The average molecular weight is 1250 g/mol. The predicted molar refractivity (Wildman–Crippen MR) is 338 cm³/mol. The van der Waals surface area contributed by atoms with E-state index in [0.717, 1.165) is 91.8 Å². The summed E-state index contributed by atoms with van der Waals surface area (Å²) in [5, 5.41) is 21.4. The molecule has 4 fully saturated rings. The molecule has 0 spiro atoms. The van der Waals surface area contributed by atoms with Gasteiger partial charge >= 0.3 is 12.2 Å². The van der Waals surface area contributed by atoms with Crippen molar-refractivity contribution in [3.8, 4) is 33.9 Å². The Bertz CT molecular complexity index is 3460. The second-order valence-corrected chi connectivity index (χ2v) is 24.5. The van der Waals surface area contributed by atoms with Gasteiger partial charge in [0.05, 0.1) is 46.3 Å². The van der Waals surface area contributed by atoms with Gasteiger partial charge in [0.1, 0.15) is 40.3 Å². The fraction of sp³-hybridized carbons (Fsp3) is 0.439. The Kier molecular flexibility index (Phi) is 22.5. The van der Waals surface area contributed by atoms with E-state index in [9.17, 15) is 36.7 Å². The first kappa shape index (κ1) is 67.2. The molecule has 7 aromatic rings. The Morgan fingerprint density at radius 2 is 0.856 bits per heavy atom. The van der Waals surface area contributed by atoms with Crippen LogP contribution in [0.1, 0.15) is 82.3 Å². The summed E-state index contributed by atoms with van der Waals surface area (Å²) < 4.78 is 77.8. The quantitative estimate of drug-likeness (QED) is 0.0660. The molecule has 0 bridgehead atoms. The van der Waals surface area contributed by atoms with E-state index in [1.807, 2.05) is 76.8 Å². The number of aromatic amines is 1. The van der Waals surface area contributed by atoms with Gasteiger partial charge in [-0.1, -0.05) is 10.3 Å². The highest BCUT2D eigenvalue weighted by Crippen LogP contribution is 2.32. The number of H-pyrrole nitrogens is 1. The minimum absolute atomic E-state index is 0.169. The molecule has 4 aliphatic heterocycles. The van der Waals surface area contributed by atoms with E-state index in [4.69, 9.17) is 18.5 Å². The number of ketones is 2. The number of aromatic nitrogens is 4. The van der Waals surface area contributed by atoms with Crippen molar-refractivity contribution in [3.63, 3.8) is 0 Å². The zero-order chi connectivity index (χ0) is 64.9. The molecule has 3 aromatic heterocycles. The van der Waals surface area contributed by atoms with Gasteiger partial charge in [-0.15, -0.1) is 0 Å². The third-order valence-electron chi connectivity index (χ3n) is 14.8. The second-order valence-electron chi connectivity index (χ2n) is 24.5. The number of hydrogen-bond donors (Lipinski definition) is 3. The fourth-order valence-electron chi connectivity index (χ4n) is 10.3. The van der Waals surface area contributed by atoms with Crippen LogP contribution in [-0.2, 0) is 14.3 Å². The molecule has 4 aliphatic rings. The number of ether oxygens (including phenoxy) is 2. The number of rotatable bonds is 10. The van der Waals surface area contributed by atoms with E-state index in [-0.39, 0.29) is 47.6 Å². The van der Waals surface area contributed by atoms with E-state index in [2.05, 4.69) is 40.9 Å². The fourth-order valence-corrected chi connectivity index (χ4v) is 10.3. The van der Waals surface area contributed by atoms with E-state index in [0.29, 0.717) is 92.2 Å². The van der Waals surface area contributed by atoms with Gasteiger partial charge in [-0.3, -0.25) is 14.7 Å². The Labute approximate surface area is 522 Å². The first-order valence-corrected chi connectivity index (χ1v) is 30.2. The van der Waals surface area contributed by atoms with E-state index < -0.39 is 17.0 Å². The van der Waals surface area contributed by atoms with E-state index in [1.54, 1.807) is 59.7 Å². The average Bonchev–Trinajstić information content (AvgIpc) is 3.93. The molecule has 482 valence electrons. The molecule has 0 aliphatic carbocycles. The molecule has 4 saturated heterocycles. The zero-order valence-electron chi connectivity index (χ0n) is 53.0. The van der Waals surface area contributed by atoms with Crippen molar-refractivity contribution in [2.24, 2.45) is 0 Å². The van der Waals surface area contributed by atoms with Gasteiger partial charge in [0.15, 0.2) is 17.3 Å². The normalized spacial score (nSPS) is 15.4. The lowest BCUT2D eigenvalue weighted by molar-refractivity contribution is -0.116. The largest absolute Gasteiger partial charge is 0.444 e. The highest BCUT2D eigenvalue weighted by molar-refractivity contribution is 6.07. The molecule has 4 aromatic carbocycles. The summed E-state index contributed by atoms with van der Waals surface area (Å²) >= 11 is 0. The Balaban J connectivity index is 0.000000156. The number of nitrogens with one attached hydrogen (secondary N) is 3. The van der Waals surface area contributed by atoms with Crippen molar-refractivity contribution in [2.45, 2.75) is 86.9 Å². The van der Waals surface area contributed by atoms with Crippen LogP contribution in [0.2, 0.25) is 0 Å². The Morgan fingerprint density at radius 3 is 1.21 bits per heavy atom. The van der Waals surface area contributed by atoms with Crippen molar-refractivity contribution in [2.75, 3.05) is 124 Å². The van der Waals surface area contributed by atoms with Crippen molar-refractivity contribution >= 4 is 46.5 Å². The van der Waals surface area contributed by atoms with Gasteiger partial charge in [0.2, 0.25) is 0 Å². The smallest absolute Gasteiger partial charge is 0.410 e. The number of Topliss-reactive ketones (excluding diaryl/α,β-unsaturated/α-hetero) is 2. The number of hydrogen-bond acceptors (Lipinski definition) is 17. The first-order valence-electron chi connectivity index (χ1n) is 30.2. The molecule has 0 radical (unpaired) electrons. The molecular weight excluding hydrogens is 1160 g/mol. The molecule has 0 saturated carbocycles. The predicted octanol–water partition coefficient (Wildman–Crippen LogP) is 11.0. The number of halogens is 4. The van der Waals surface area contributed by atoms with Crippen LogP contribution in [0, 0.1) is 44.0 Å². The number of amides is 2. The molecule has 0 atom stereocenters. The van der Waals surface area contributed by atoms with Crippen molar-refractivity contribution in [1.29, 1.82) is 0 Å². The molecule has 2 amide bonds. The summed E-state index contributed by atoms with van der Waals surface area (Å²) in [6.45, 7) is 28.5. The standard InChI is InChI=1S/C19H24FN3O3.C19H25FN2O4.C14H17FN4.C14H16FN3O/c1-13-11-17(26-21-13)14-5-6-15(20)16(12-14)22-7-9-23(10-8-22)18(24)25-19(2,3)4;1-13(23)11-17(24)14-5-6-15(20)16(12-14)21-7-9-22(10-8-21)18(25)26-19(2,3)4;1-10-8-13(18-17-10)11-2-3-12(15)14(9-11)19-6-4-16-5-7-19;1-10-8-14(19-17-10)11-2-3-12(15)13(9-11)18-6-4-16-5-7-18/h5-6,11-12H,7-10H2,1-4H3;5-6,12H,7-11H2,1-4H3;2-3,8-9,16H,4-7H2,1H3,(H,17,18);2-3,8-9,16H,4-7H2,1H3. The minimum atomic E-state index is -0.564. The highest BCUT2D eigenvalue weighted by atomic mass is 19.1. The molecule has 24 heteroatoms. The summed E-state index contributed by atoms with van der Waals surface area (Å²) in [7, 11) is 0. The maximum Gasteiger partial charge on any atom is 0.410 e. The lowest BCUT2D eigenvalue weighted by Crippen LogP contribution is -2.50. The number of anilines is 4. The van der Waals surface area contributed by atoms with Crippen molar-refractivity contribution in [1.82, 2.24) is 40.9 Å². The van der Waals surface area contributed by atoms with Crippen LogP contribution in [0.15, 0.2) is 100 Å². The molecular formula is C66H82F4N12O8. The van der Waals surface area contributed by atoms with Gasteiger partial charge in [0.25, 0.3) is 0 Å². The van der Waals surface area contributed by atoms with Crippen molar-refractivity contribution < 1.29 is 55.3 Å². The van der Waals surface area contributed by atoms with Gasteiger partial charge in [0, 0.05) is 145 Å². The summed E-state index contributed by atoms with van der Waals surface area (Å²) in [6.07, 6.45) is -0.913. The molecule has 0 unspecified atom stereocenters. The van der Waals surface area contributed by atoms with Crippen LogP contribution in [0.4, 0.5) is 49.9 Å². The maximum absolute atomic E-state index is 14.4. The summed E-state index contributed by atoms with van der Waals surface area (Å²) in [4.78, 5) is 58.5. The summed E-state index contributed by atoms with van der Waals surface area (Å²) in [5.41, 5.74) is 7.36. The molecule has 11 rings (SSSR count). The third kappa shape index (κ3) is 18.9. The van der Waals surface area contributed by atoms with Crippen LogP contribution < -0.4 is 30.2 Å². The monoisotopic (exact) mass is 1250 g/mol. The topological polar surface area (TPSA) is 211 Å². The lowest BCUT2D eigenvalue weighted by Gasteiger charge is -2.37. The molecule has 7 heterocycles. The van der Waals surface area contributed by atoms with Crippen LogP contribution in [-0.4, -0.2) is 170 Å². The van der Waals surface area contributed by atoms with E-state index >= 15 is 0 Å². The number of carbonyl (C=O) groups excluding carboxylic acids is 4. The van der Waals surface area contributed by atoms with Gasteiger partial charge in [-0.25, -0.2) is 27.2 Å². The Morgan fingerprint density at radius 1 is 0.489 bits per heavy atom. The molecule has 90 heavy (non-hydrogen) atoms. The maximum atomic E-state index is 14.4. The first-order chi connectivity index (χ1) is 42.8. The number of carbonyl (C=O) groups is 4. The second kappa shape index (κ2) is 30.2. The summed E-state index contributed by atoms with van der Waals surface area (Å²) in [5.74, 6) is -0.367. The number of benzene rings is 4. The number of aryl methyl sites for hydroxylation is 3. The van der Waals surface area contributed by atoms with E-state index in [1.165, 1.54) is 43.3 Å². The zero-order valence-corrected chi connectivity index (χ0v) is 53.0. The van der Waals surface area contributed by atoms with Gasteiger partial charge in [-0.05, 0) is 148 Å². The number of piperazine rings is 4. The van der Waals surface area contributed by atoms with Crippen LogP contribution >= 0.6 is 0 Å². The lowest BCUT2D eigenvalue weighted by atomic mass is 10.0. The highest BCUT2D eigenvalue weighted by Gasteiger charge is 2.30. The van der Waals surface area contributed by atoms with Gasteiger partial charge in [-0.2, -0.15) is 5.10 Å². The van der Waals surface area contributed by atoms with Crippen LogP contribution in [0.25, 0.3) is 33.9 Å². The summed E-state index contributed by atoms with van der Waals surface area (Å²) in [6, 6.07) is 24.8. The Hall–Kier alpha value is -8.77. The SMILES string of the molecule is CC(=O)CC(=O)c1ccc(F)c(N2CCN(C(=O)OC(C)(C)C)CC2)c1.Cc1cc(-c2ccc(F)c(N3CCN(C(=O)OC(C)(C)C)CC3)c2)on1.Cc1cc(-c2ccc(F)c(N3CCNCC3)c2)n[nH]1.Cc1cc(-c2ccc(F)c(N3CCNCC3)c2)on1. The molecule has 20 nitrogen and oxygen atoms in total. The van der Waals surface area contributed by atoms with Crippen LogP contribution in [0.5, 0.6) is 0 Å². The van der Waals surface area contributed by atoms with Crippen LogP contribution in [0.3, 0.4) is 0 Å². The minimum Gasteiger partial charge on any atom is -0.444 e. The van der Waals surface area contributed by atoms with Gasteiger partial charge < -0.3 is 58.6 Å². The van der Waals surface area contributed by atoms with Crippen molar-refractivity contribution in [3.05, 3.63) is 137 Å².